The van der Waals surface area contributed by atoms with Crippen LogP contribution < -0.4 is 0 Å². The molecular formula is C12H24O6. The third kappa shape index (κ3) is 10.5. The molecule has 0 rings (SSSR count). The molecule has 6 heteroatoms. The number of carbonyl (C=O) groups is 1. The molecule has 0 saturated heterocycles. The summed E-state index contributed by atoms with van der Waals surface area (Å²) in [7, 11) is 1.62. The Morgan fingerprint density at radius 3 is 2.11 bits per heavy atom. The second kappa shape index (κ2) is 12.8. The van der Waals surface area contributed by atoms with Crippen LogP contribution in [-0.2, 0) is 23.7 Å². The number of aliphatic carboxylic acids is 1. The van der Waals surface area contributed by atoms with Crippen LogP contribution in [0.2, 0.25) is 0 Å². The molecule has 0 fully saturated rings. The van der Waals surface area contributed by atoms with Gasteiger partial charge in [0.1, 0.15) is 0 Å². The molecule has 1 unspecified atom stereocenters. The van der Waals surface area contributed by atoms with Gasteiger partial charge in [0.2, 0.25) is 0 Å². The van der Waals surface area contributed by atoms with Crippen LogP contribution in [-0.4, -0.2) is 63.9 Å². The molecule has 108 valence electrons. The van der Waals surface area contributed by atoms with Crippen LogP contribution in [0.25, 0.3) is 0 Å². The first-order valence-electron chi connectivity index (χ1n) is 6.21. The highest BCUT2D eigenvalue weighted by atomic mass is 16.6. The van der Waals surface area contributed by atoms with Crippen molar-refractivity contribution in [2.75, 3.05) is 46.8 Å². The van der Waals surface area contributed by atoms with E-state index >= 15 is 0 Å². The third-order valence-electron chi connectivity index (χ3n) is 2.18. The fourth-order valence-electron chi connectivity index (χ4n) is 1.25. The lowest BCUT2D eigenvalue weighted by Crippen LogP contribution is -2.25. The predicted octanol–water partition coefficient (Wildman–Crippen LogP) is 0.936. The van der Waals surface area contributed by atoms with Gasteiger partial charge in [0, 0.05) is 7.11 Å². The normalized spacial score (nSPS) is 12.6. The predicted molar refractivity (Wildman–Crippen MR) is 65.8 cm³/mol. The zero-order valence-electron chi connectivity index (χ0n) is 11.2. The number of hydrogen-bond donors (Lipinski definition) is 1. The Balaban J connectivity index is 3.30. The largest absolute Gasteiger partial charge is 0.479 e. The van der Waals surface area contributed by atoms with E-state index < -0.39 is 12.1 Å². The quantitative estimate of drug-likeness (QED) is 0.499. The molecule has 0 aliphatic heterocycles. The van der Waals surface area contributed by atoms with Gasteiger partial charge in [-0.3, -0.25) is 0 Å². The van der Waals surface area contributed by atoms with Gasteiger partial charge in [-0.1, -0.05) is 13.3 Å². The first-order chi connectivity index (χ1) is 8.72. The van der Waals surface area contributed by atoms with Gasteiger partial charge in [-0.2, -0.15) is 0 Å². The Bertz CT molecular complexity index is 197. The van der Waals surface area contributed by atoms with Crippen LogP contribution >= 0.6 is 0 Å². The summed E-state index contributed by atoms with van der Waals surface area (Å²) in [5.41, 5.74) is 0. The lowest BCUT2D eigenvalue weighted by Gasteiger charge is -2.12. The van der Waals surface area contributed by atoms with Crippen LogP contribution in [0.1, 0.15) is 19.8 Å². The maximum atomic E-state index is 10.8. The zero-order chi connectivity index (χ0) is 13.6. The number of methoxy groups -OCH3 is 1. The maximum absolute atomic E-state index is 10.8. The van der Waals surface area contributed by atoms with Gasteiger partial charge in [-0.15, -0.1) is 0 Å². The summed E-state index contributed by atoms with van der Waals surface area (Å²) in [4.78, 5) is 10.8. The highest BCUT2D eigenvalue weighted by Crippen LogP contribution is 2.02. The number of rotatable bonds is 13. The van der Waals surface area contributed by atoms with Crippen molar-refractivity contribution in [3.8, 4) is 0 Å². The SMILES string of the molecule is CCCC(OCCOCCOCCOC)C(=O)O. The van der Waals surface area contributed by atoms with E-state index in [0.717, 1.165) is 6.42 Å². The van der Waals surface area contributed by atoms with E-state index in [2.05, 4.69) is 0 Å². The number of hydrogen-bond acceptors (Lipinski definition) is 5. The molecular weight excluding hydrogens is 240 g/mol. The van der Waals surface area contributed by atoms with Crippen molar-refractivity contribution in [3.05, 3.63) is 0 Å². The minimum atomic E-state index is -0.917. The van der Waals surface area contributed by atoms with Crippen LogP contribution in [0.5, 0.6) is 0 Å². The van der Waals surface area contributed by atoms with E-state index in [4.69, 9.17) is 24.1 Å². The van der Waals surface area contributed by atoms with Gasteiger partial charge in [0.25, 0.3) is 0 Å². The molecule has 0 amide bonds. The summed E-state index contributed by atoms with van der Waals surface area (Å²) in [5.74, 6) is -0.917. The zero-order valence-corrected chi connectivity index (χ0v) is 11.2. The molecule has 0 aromatic rings. The summed E-state index contributed by atoms with van der Waals surface area (Å²) in [6, 6.07) is 0. The Morgan fingerprint density at radius 2 is 1.61 bits per heavy atom. The molecule has 1 atom stereocenters. The average molecular weight is 264 g/mol. The standard InChI is InChI=1S/C12H24O6/c1-3-4-11(12(13)14)18-10-9-17-8-7-16-6-5-15-2/h11H,3-10H2,1-2H3,(H,13,14). The smallest absolute Gasteiger partial charge is 0.332 e. The van der Waals surface area contributed by atoms with Crippen LogP contribution in [0.4, 0.5) is 0 Å². The topological polar surface area (TPSA) is 74.2 Å². The van der Waals surface area contributed by atoms with Crippen LogP contribution in [0.3, 0.4) is 0 Å². The molecule has 0 radical (unpaired) electrons. The summed E-state index contributed by atoms with van der Waals surface area (Å²) in [6.07, 6.45) is 0.581. The molecule has 0 spiro atoms. The molecule has 0 aromatic carbocycles. The third-order valence-corrected chi connectivity index (χ3v) is 2.18. The van der Waals surface area contributed by atoms with Crippen molar-refractivity contribution in [2.24, 2.45) is 0 Å². The Labute approximate surface area is 108 Å². The van der Waals surface area contributed by atoms with E-state index in [-0.39, 0.29) is 6.61 Å². The molecule has 0 saturated carbocycles. The number of ether oxygens (including phenoxy) is 4. The van der Waals surface area contributed by atoms with Crippen molar-refractivity contribution in [1.82, 2.24) is 0 Å². The summed E-state index contributed by atoms with van der Waals surface area (Å²) in [5, 5.41) is 8.83. The average Bonchev–Trinajstić information content (AvgIpc) is 2.35. The van der Waals surface area contributed by atoms with E-state index in [1.165, 1.54) is 0 Å². The van der Waals surface area contributed by atoms with E-state index in [1.54, 1.807) is 7.11 Å². The van der Waals surface area contributed by atoms with Gasteiger partial charge in [0.15, 0.2) is 6.10 Å². The molecule has 0 aliphatic rings. The molecule has 0 heterocycles. The van der Waals surface area contributed by atoms with Crippen molar-refractivity contribution in [1.29, 1.82) is 0 Å². The second-order valence-corrected chi connectivity index (χ2v) is 3.70. The van der Waals surface area contributed by atoms with Gasteiger partial charge in [0.05, 0.1) is 39.6 Å². The van der Waals surface area contributed by atoms with Crippen molar-refractivity contribution < 1.29 is 28.8 Å². The van der Waals surface area contributed by atoms with Gasteiger partial charge < -0.3 is 24.1 Å². The minimum absolute atomic E-state index is 0.287. The fraction of sp³-hybridized carbons (Fsp3) is 0.917. The van der Waals surface area contributed by atoms with E-state index in [0.29, 0.717) is 39.5 Å². The first kappa shape index (κ1) is 17.3. The van der Waals surface area contributed by atoms with Gasteiger partial charge >= 0.3 is 5.97 Å². The number of carboxylic acid groups (broad SMARTS) is 1. The Hall–Kier alpha value is -0.690. The lowest BCUT2D eigenvalue weighted by atomic mass is 10.2. The first-order valence-corrected chi connectivity index (χ1v) is 6.21. The van der Waals surface area contributed by atoms with Crippen molar-refractivity contribution >= 4 is 5.97 Å². The fourth-order valence-corrected chi connectivity index (χ4v) is 1.25. The van der Waals surface area contributed by atoms with Crippen LogP contribution in [0, 0.1) is 0 Å². The second-order valence-electron chi connectivity index (χ2n) is 3.70. The van der Waals surface area contributed by atoms with E-state index in [1.807, 2.05) is 6.92 Å². The highest BCUT2D eigenvalue weighted by Gasteiger charge is 2.15. The molecule has 0 aliphatic carbocycles. The molecule has 0 bridgehead atoms. The Kier molecular flexibility index (Phi) is 12.3. The van der Waals surface area contributed by atoms with Gasteiger partial charge in [-0.25, -0.2) is 4.79 Å². The maximum Gasteiger partial charge on any atom is 0.332 e. The van der Waals surface area contributed by atoms with Crippen LogP contribution in [0.15, 0.2) is 0 Å². The lowest BCUT2D eigenvalue weighted by molar-refractivity contribution is -0.151. The summed E-state index contributed by atoms with van der Waals surface area (Å²) >= 11 is 0. The van der Waals surface area contributed by atoms with E-state index in [9.17, 15) is 4.79 Å². The molecule has 18 heavy (non-hydrogen) atoms. The van der Waals surface area contributed by atoms with Gasteiger partial charge in [-0.05, 0) is 6.42 Å². The van der Waals surface area contributed by atoms with Crippen molar-refractivity contribution in [2.45, 2.75) is 25.9 Å². The van der Waals surface area contributed by atoms with Crippen molar-refractivity contribution in [3.63, 3.8) is 0 Å². The summed E-state index contributed by atoms with van der Waals surface area (Å²) < 4.78 is 20.5. The molecule has 0 aromatic heterocycles. The number of carboxylic acids is 1. The molecule has 6 nitrogen and oxygen atoms in total. The monoisotopic (exact) mass is 264 g/mol. The summed E-state index contributed by atoms with van der Waals surface area (Å²) in [6.45, 7) is 4.68. The minimum Gasteiger partial charge on any atom is -0.479 e. The highest BCUT2D eigenvalue weighted by molar-refractivity contribution is 5.72. The Morgan fingerprint density at radius 1 is 1.06 bits per heavy atom. The molecule has 1 N–H and O–H groups in total.